The van der Waals surface area contributed by atoms with Crippen LogP contribution >= 0.6 is 11.6 Å². The van der Waals surface area contributed by atoms with Crippen molar-refractivity contribution in [1.29, 1.82) is 0 Å². The van der Waals surface area contributed by atoms with Gasteiger partial charge in [-0.2, -0.15) is 0 Å². The molecule has 2 amide bonds. The highest BCUT2D eigenvalue weighted by molar-refractivity contribution is 6.30. The lowest BCUT2D eigenvalue weighted by atomic mass is 9.70. The average Bonchev–Trinajstić information content (AvgIpc) is 2.81. The van der Waals surface area contributed by atoms with Gasteiger partial charge in [-0.05, 0) is 53.5 Å². The van der Waals surface area contributed by atoms with Gasteiger partial charge in [0, 0.05) is 18.1 Å². The van der Waals surface area contributed by atoms with Gasteiger partial charge in [0.25, 0.3) is 5.91 Å². The van der Waals surface area contributed by atoms with E-state index in [1.165, 1.54) is 17.7 Å². The molecule has 188 valence electrons. The van der Waals surface area contributed by atoms with Crippen molar-refractivity contribution in [2.75, 3.05) is 19.7 Å². The third-order valence-electron chi connectivity index (χ3n) is 6.54. The van der Waals surface area contributed by atoms with Gasteiger partial charge in [0.2, 0.25) is 5.91 Å². The molecule has 2 aromatic carbocycles. The third kappa shape index (κ3) is 6.54. The molecular weight excluding hydrogens is 468 g/mol. The molecule has 0 aliphatic carbocycles. The van der Waals surface area contributed by atoms with Gasteiger partial charge in [-0.15, -0.1) is 0 Å². The van der Waals surface area contributed by atoms with Crippen LogP contribution in [0.1, 0.15) is 56.0 Å². The summed E-state index contributed by atoms with van der Waals surface area (Å²) in [5, 5.41) is 12.8. The Kier molecular flexibility index (Phi) is 8.43. The van der Waals surface area contributed by atoms with E-state index in [-0.39, 0.29) is 35.2 Å². The Morgan fingerprint density at radius 1 is 1.14 bits per heavy atom. The van der Waals surface area contributed by atoms with Gasteiger partial charge >= 0.3 is 5.97 Å². The summed E-state index contributed by atoms with van der Waals surface area (Å²) >= 11 is 6.05. The molecule has 1 fully saturated rings. The van der Waals surface area contributed by atoms with Crippen LogP contribution in [-0.4, -0.2) is 53.5 Å². The molecule has 2 atom stereocenters. The maximum absolute atomic E-state index is 13.4. The summed E-state index contributed by atoms with van der Waals surface area (Å²) in [6.07, 6.45) is 0.814. The minimum absolute atomic E-state index is 0.0254. The van der Waals surface area contributed by atoms with Gasteiger partial charge in [-0.3, -0.25) is 9.59 Å². The number of carboxylic acid groups (broad SMARTS) is 1. The van der Waals surface area contributed by atoms with Crippen molar-refractivity contribution < 1.29 is 24.2 Å². The summed E-state index contributed by atoms with van der Waals surface area (Å²) in [4.78, 5) is 39.2. The molecule has 0 radical (unpaired) electrons. The number of rotatable bonds is 8. The molecule has 1 unspecified atom stereocenters. The summed E-state index contributed by atoms with van der Waals surface area (Å²) in [5.74, 6) is -1.47. The third-order valence-corrected chi connectivity index (χ3v) is 6.79. The van der Waals surface area contributed by atoms with E-state index in [2.05, 4.69) is 19.2 Å². The minimum Gasteiger partial charge on any atom is -0.483 e. The second-order valence-corrected chi connectivity index (χ2v) is 10.5. The average molecular weight is 501 g/mol. The van der Waals surface area contributed by atoms with E-state index in [1.54, 1.807) is 12.1 Å². The molecule has 1 aliphatic rings. The number of halogens is 1. The molecule has 0 bridgehead atoms. The van der Waals surface area contributed by atoms with Crippen LogP contribution in [-0.2, 0) is 9.59 Å². The lowest BCUT2D eigenvalue weighted by Crippen LogP contribution is -2.56. The number of likely N-dealkylation sites (tertiary alicyclic amines) is 1. The fourth-order valence-corrected chi connectivity index (χ4v) is 4.82. The van der Waals surface area contributed by atoms with Crippen LogP contribution in [0.4, 0.5) is 0 Å². The van der Waals surface area contributed by atoms with Crippen molar-refractivity contribution in [3.8, 4) is 5.75 Å². The van der Waals surface area contributed by atoms with Crippen LogP contribution in [0.25, 0.3) is 0 Å². The van der Waals surface area contributed by atoms with Gasteiger partial charge in [0.15, 0.2) is 6.61 Å². The largest absolute Gasteiger partial charge is 0.483 e. The number of carboxylic acids is 1. The first kappa shape index (κ1) is 26.5. The van der Waals surface area contributed by atoms with E-state index in [9.17, 15) is 19.5 Å². The fourth-order valence-electron chi connectivity index (χ4n) is 4.70. The van der Waals surface area contributed by atoms with Crippen molar-refractivity contribution in [1.82, 2.24) is 10.2 Å². The van der Waals surface area contributed by atoms with Crippen molar-refractivity contribution in [2.24, 2.45) is 11.3 Å². The van der Waals surface area contributed by atoms with Crippen LogP contribution in [0.5, 0.6) is 5.75 Å². The summed E-state index contributed by atoms with van der Waals surface area (Å²) < 4.78 is 5.44. The number of hydrogen-bond donors (Lipinski definition) is 2. The number of hydrogen-bond acceptors (Lipinski definition) is 4. The Labute approximate surface area is 211 Å². The number of carbonyl (C=O) groups excluding carboxylic acids is 2. The van der Waals surface area contributed by atoms with Crippen LogP contribution < -0.4 is 10.1 Å². The second-order valence-electron chi connectivity index (χ2n) is 10.0. The second kappa shape index (κ2) is 11.1. The molecule has 2 N–H and O–H groups in total. The van der Waals surface area contributed by atoms with Gasteiger partial charge in [0.05, 0.1) is 0 Å². The molecule has 1 aliphatic heterocycles. The summed E-state index contributed by atoms with van der Waals surface area (Å²) in [5.41, 5.74) is 1.03. The van der Waals surface area contributed by atoms with Gasteiger partial charge in [-0.1, -0.05) is 63.6 Å². The van der Waals surface area contributed by atoms with Crippen molar-refractivity contribution >= 4 is 29.4 Å². The van der Waals surface area contributed by atoms with Crippen LogP contribution in [0.15, 0.2) is 48.5 Å². The standard InChI is InChI=1S/C27H33ClN2O5/c1-17(2)24(29-23(31)15-35-22-8-6-5-7-20(22)26(33)34)25(32)30-14-13-21(27(3,4)16-30)18-9-11-19(28)12-10-18/h5-12,17,21,24H,13-16H2,1-4H3,(H,29,31)(H,33,34)/t21?,24-/m1/s1. The summed E-state index contributed by atoms with van der Waals surface area (Å²) in [7, 11) is 0. The first-order valence-electron chi connectivity index (χ1n) is 11.8. The van der Waals surface area contributed by atoms with E-state index < -0.39 is 17.9 Å². The van der Waals surface area contributed by atoms with Gasteiger partial charge < -0.3 is 20.1 Å². The number of amides is 2. The molecule has 8 heteroatoms. The Balaban J connectivity index is 1.64. The Morgan fingerprint density at radius 2 is 1.80 bits per heavy atom. The topological polar surface area (TPSA) is 95.9 Å². The molecular formula is C27H33ClN2O5. The fraction of sp³-hybridized carbons (Fsp3) is 0.444. The molecule has 0 saturated carbocycles. The van der Waals surface area contributed by atoms with Crippen molar-refractivity contribution in [3.63, 3.8) is 0 Å². The molecule has 1 saturated heterocycles. The van der Waals surface area contributed by atoms with E-state index in [1.807, 2.05) is 43.0 Å². The van der Waals surface area contributed by atoms with Gasteiger partial charge in [0.1, 0.15) is 17.4 Å². The maximum atomic E-state index is 13.4. The molecule has 0 aromatic heterocycles. The number of carbonyl (C=O) groups is 3. The Bertz CT molecular complexity index is 1070. The number of piperidine rings is 1. The van der Waals surface area contributed by atoms with Crippen molar-refractivity contribution in [2.45, 2.75) is 46.1 Å². The highest BCUT2D eigenvalue weighted by Crippen LogP contribution is 2.42. The molecule has 0 spiro atoms. The lowest BCUT2D eigenvalue weighted by molar-refractivity contribution is -0.141. The predicted molar refractivity (Wildman–Crippen MR) is 135 cm³/mol. The highest BCUT2D eigenvalue weighted by atomic mass is 35.5. The first-order chi connectivity index (χ1) is 16.5. The number of aromatic carboxylic acids is 1. The van der Waals surface area contributed by atoms with E-state index in [0.29, 0.717) is 24.0 Å². The number of para-hydroxylation sites is 1. The predicted octanol–water partition coefficient (Wildman–Crippen LogP) is 4.60. The van der Waals surface area contributed by atoms with Crippen LogP contribution in [0.3, 0.4) is 0 Å². The Morgan fingerprint density at radius 3 is 2.40 bits per heavy atom. The zero-order valence-corrected chi connectivity index (χ0v) is 21.3. The van der Waals surface area contributed by atoms with Gasteiger partial charge in [-0.25, -0.2) is 4.79 Å². The maximum Gasteiger partial charge on any atom is 0.339 e. The summed E-state index contributed by atoms with van der Waals surface area (Å²) in [6, 6.07) is 13.3. The monoisotopic (exact) mass is 500 g/mol. The zero-order chi connectivity index (χ0) is 25.8. The van der Waals surface area contributed by atoms with E-state index in [0.717, 1.165) is 6.42 Å². The van der Waals surface area contributed by atoms with Crippen LogP contribution in [0, 0.1) is 11.3 Å². The summed E-state index contributed by atoms with van der Waals surface area (Å²) in [6.45, 7) is 8.86. The Hall–Kier alpha value is -3.06. The minimum atomic E-state index is -1.14. The van der Waals surface area contributed by atoms with E-state index in [4.69, 9.17) is 16.3 Å². The quantitative estimate of drug-likeness (QED) is 0.552. The molecule has 1 heterocycles. The molecule has 2 aromatic rings. The zero-order valence-electron chi connectivity index (χ0n) is 20.6. The number of benzene rings is 2. The van der Waals surface area contributed by atoms with E-state index >= 15 is 0 Å². The van der Waals surface area contributed by atoms with Crippen LogP contribution in [0.2, 0.25) is 5.02 Å². The van der Waals surface area contributed by atoms with Crippen molar-refractivity contribution in [3.05, 3.63) is 64.7 Å². The molecule has 35 heavy (non-hydrogen) atoms. The lowest BCUT2D eigenvalue weighted by Gasteiger charge is -2.45. The number of ether oxygens (including phenoxy) is 1. The number of nitrogens with one attached hydrogen (secondary N) is 1. The molecule has 7 nitrogen and oxygen atoms in total. The first-order valence-corrected chi connectivity index (χ1v) is 12.2. The number of nitrogens with zero attached hydrogens (tertiary/aromatic N) is 1. The SMILES string of the molecule is CC(C)[C@@H](NC(=O)COc1ccccc1C(=O)O)C(=O)N1CCC(c2ccc(Cl)cc2)C(C)(C)C1. The molecule has 3 rings (SSSR count). The highest BCUT2D eigenvalue weighted by Gasteiger charge is 2.40. The normalized spacial score (nSPS) is 18.1. The smallest absolute Gasteiger partial charge is 0.339 e.